The number of amides is 2. The number of rotatable bonds is 5. The van der Waals surface area contributed by atoms with E-state index in [9.17, 15) is 9.59 Å². The van der Waals surface area contributed by atoms with Crippen LogP contribution in [0.15, 0.2) is 48.7 Å². The SMILES string of the molecule is Cc1ccccc1NC(=O)[C@@H]1CC(=O)N(CCc2c[nH]c3ccc(Cl)cc23)C1. The van der Waals surface area contributed by atoms with Crippen molar-refractivity contribution in [2.24, 2.45) is 5.92 Å². The molecule has 0 bridgehead atoms. The monoisotopic (exact) mass is 395 g/mol. The topological polar surface area (TPSA) is 65.2 Å². The second-order valence-electron chi connectivity index (χ2n) is 7.30. The Bertz CT molecular complexity index is 1040. The normalized spacial score (nSPS) is 16.7. The van der Waals surface area contributed by atoms with E-state index in [0.29, 0.717) is 18.1 Å². The number of hydrogen-bond donors (Lipinski definition) is 2. The quantitative estimate of drug-likeness (QED) is 0.681. The minimum Gasteiger partial charge on any atom is -0.361 e. The standard InChI is InChI=1S/C22H22ClN3O2/c1-14-4-2-3-5-19(14)25-22(28)16-10-21(27)26(13-16)9-8-15-12-24-20-7-6-17(23)11-18(15)20/h2-7,11-12,16,24H,8-10,13H2,1H3,(H,25,28)/t16-/m1/s1. The highest BCUT2D eigenvalue weighted by Crippen LogP contribution is 2.25. The predicted octanol–water partition coefficient (Wildman–Crippen LogP) is 4.16. The van der Waals surface area contributed by atoms with Gasteiger partial charge in [0.05, 0.1) is 5.92 Å². The number of carbonyl (C=O) groups excluding carboxylic acids is 2. The van der Waals surface area contributed by atoms with Crippen molar-refractivity contribution >= 4 is 40.0 Å². The maximum absolute atomic E-state index is 12.6. The molecule has 0 unspecified atom stereocenters. The van der Waals surface area contributed by atoms with Crippen molar-refractivity contribution in [3.8, 4) is 0 Å². The summed E-state index contributed by atoms with van der Waals surface area (Å²) in [5.74, 6) is -0.378. The van der Waals surface area contributed by atoms with Crippen LogP contribution in [-0.4, -0.2) is 34.8 Å². The van der Waals surface area contributed by atoms with Crippen LogP contribution in [0.25, 0.3) is 10.9 Å². The third-order valence-corrected chi connectivity index (χ3v) is 5.60. The molecule has 2 amide bonds. The lowest BCUT2D eigenvalue weighted by Crippen LogP contribution is -2.30. The predicted molar refractivity (Wildman–Crippen MR) is 112 cm³/mol. The maximum Gasteiger partial charge on any atom is 0.229 e. The van der Waals surface area contributed by atoms with Crippen molar-refractivity contribution < 1.29 is 9.59 Å². The third kappa shape index (κ3) is 3.76. The number of hydrogen-bond acceptors (Lipinski definition) is 2. The van der Waals surface area contributed by atoms with Crippen LogP contribution in [0.1, 0.15) is 17.5 Å². The lowest BCUT2D eigenvalue weighted by atomic mass is 10.1. The first-order valence-electron chi connectivity index (χ1n) is 9.41. The molecule has 4 rings (SSSR count). The van der Waals surface area contributed by atoms with E-state index in [-0.39, 0.29) is 24.2 Å². The number of para-hydroxylation sites is 1. The Hall–Kier alpha value is -2.79. The molecule has 0 spiro atoms. The fourth-order valence-electron chi connectivity index (χ4n) is 3.72. The summed E-state index contributed by atoms with van der Waals surface area (Å²) < 4.78 is 0. The number of H-pyrrole nitrogens is 1. The van der Waals surface area contributed by atoms with Crippen LogP contribution in [0.4, 0.5) is 5.69 Å². The van der Waals surface area contributed by atoms with Gasteiger partial charge in [0, 0.05) is 47.3 Å². The van der Waals surface area contributed by atoms with Crippen LogP contribution in [0, 0.1) is 12.8 Å². The van der Waals surface area contributed by atoms with Crippen molar-refractivity contribution in [1.82, 2.24) is 9.88 Å². The molecular weight excluding hydrogens is 374 g/mol. The van der Waals surface area contributed by atoms with E-state index < -0.39 is 0 Å². The first-order valence-corrected chi connectivity index (χ1v) is 9.79. The lowest BCUT2D eigenvalue weighted by Gasteiger charge is -2.16. The average molecular weight is 396 g/mol. The van der Waals surface area contributed by atoms with Gasteiger partial charge in [-0.25, -0.2) is 0 Å². The Kier molecular flexibility index (Phi) is 5.09. The molecule has 1 fully saturated rings. The van der Waals surface area contributed by atoms with E-state index in [4.69, 9.17) is 11.6 Å². The van der Waals surface area contributed by atoms with Gasteiger partial charge >= 0.3 is 0 Å². The number of fused-ring (bicyclic) bond motifs is 1. The molecule has 1 saturated heterocycles. The molecule has 0 radical (unpaired) electrons. The fourth-order valence-corrected chi connectivity index (χ4v) is 3.90. The van der Waals surface area contributed by atoms with Crippen LogP contribution in [0.3, 0.4) is 0 Å². The zero-order chi connectivity index (χ0) is 19.7. The van der Waals surface area contributed by atoms with Crippen molar-refractivity contribution in [1.29, 1.82) is 0 Å². The number of benzene rings is 2. The minimum absolute atomic E-state index is 0.0304. The third-order valence-electron chi connectivity index (χ3n) is 5.37. The van der Waals surface area contributed by atoms with Crippen LogP contribution >= 0.6 is 11.6 Å². The molecule has 0 saturated carbocycles. The molecule has 0 aliphatic carbocycles. The van der Waals surface area contributed by atoms with Gasteiger partial charge in [0.1, 0.15) is 0 Å². The second-order valence-corrected chi connectivity index (χ2v) is 7.74. The summed E-state index contributed by atoms with van der Waals surface area (Å²) in [4.78, 5) is 30.0. The van der Waals surface area contributed by atoms with Crippen LogP contribution < -0.4 is 5.32 Å². The van der Waals surface area contributed by atoms with Crippen molar-refractivity contribution in [2.75, 3.05) is 18.4 Å². The summed E-state index contributed by atoms with van der Waals surface area (Å²) in [5.41, 5.74) is 3.96. The Morgan fingerprint density at radius 2 is 2.11 bits per heavy atom. The summed E-state index contributed by atoms with van der Waals surface area (Å²) in [6.07, 6.45) is 2.94. The van der Waals surface area contributed by atoms with Gasteiger partial charge in [0.15, 0.2) is 0 Å². The number of aryl methyl sites for hydroxylation is 1. The molecule has 1 aliphatic rings. The molecule has 5 nitrogen and oxygen atoms in total. The highest BCUT2D eigenvalue weighted by atomic mass is 35.5. The van der Waals surface area contributed by atoms with Gasteiger partial charge in [0.25, 0.3) is 0 Å². The molecule has 3 aromatic rings. The molecule has 2 heterocycles. The number of likely N-dealkylation sites (tertiary alicyclic amines) is 1. The fraction of sp³-hybridized carbons (Fsp3) is 0.273. The molecule has 28 heavy (non-hydrogen) atoms. The average Bonchev–Trinajstić information content (AvgIpc) is 3.25. The highest BCUT2D eigenvalue weighted by Gasteiger charge is 2.34. The molecule has 144 valence electrons. The van der Waals surface area contributed by atoms with Gasteiger partial charge in [-0.1, -0.05) is 29.8 Å². The lowest BCUT2D eigenvalue weighted by molar-refractivity contribution is -0.128. The Morgan fingerprint density at radius 1 is 1.29 bits per heavy atom. The first-order chi connectivity index (χ1) is 13.5. The van der Waals surface area contributed by atoms with Gasteiger partial charge < -0.3 is 15.2 Å². The van der Waals surface area contributed by atoms with Gasteiger partial charge in [-0.3, -0.25) is 9.59 Å². The first kappa shape index (κ1) is 18.6. The second kappa shape index (κ2) is 7.68. The number of anilines is 1. The summed E-state index contributed by atoms with van der Waals surface area (Å²) in [6, 6.07) is 13.4. The molecule has 2 N–H and O–H groups in total. The molecule has 2 aromatic carbocycles. The van der Waals surface area contributed by atoms with E-state index in [0.717, 1.165) is 34.1 Å². The van der Waals surface area contributed by atoms with E-state index in [1.807, 2.05) is 55.6 Å². The Labute approximate surface area is 168 Å². The summed E-state index contributed by atoms with van der Waals surface area (Å²) in [6.45, 7) is 3.00. The number of aromatic amines is 1. The van der Waals surface area contributed by atoms with Gasteiger partial charge in [-0.05, 0) is 48.7 Å². The van der Waals surface area contributed by atoms with Crippen molar-refractivity contribution in [2.45, 2.75) is 19.8 Å². The number of nitrogens with one attached hydrogen (secondary N) is 2. The van der Waals surface area contributed by atoms with Crippen molar-refractivity contribution in [3.63, 3.8) is 0 Å². The number of carbonyl (C=O) groups is 2. The smallest absolute Gasteiger partial charge is 0.229 e. The highest BCUT2D eigenvalue weighted by molar-refractivity contribution is 6.31. The Balaban J connectivity index is 1.38. The molecule has 1 aromatic heterocycles. The zero-order valence-electron chi connectivity index (χ0n) is 15.7. The van der Waals surface area contributed by atoms with E-state index in [1.165, 1.54) is 0 Å². The zero-order valence-corrected chi connectivity index (χ0v) is 16.4. The molecule has 1 atom stereocenters. The van der Waals surface area contributed by atoms with E-state index >= 15 is 0 Å². The van der Waals surface area contributed by atoms with Crippen LogP contribution in [0.5, 0.6) is 0 Å². The molecular formula is C22H22ClN3O2. The van der Waals surface area contributed by atoms with Crippen molar-refractivity contribution in [3.05, 3.63) is 64.8 Å². The molecule has 6 heteroatoms. The van der Waals surface area contributed by atoms with E-state index in [2.05, 4.69) is 10.3 Å². The Morgan fingerprint density at radius 3 is 2.93 bits per heavy atom. The summed E-state index contributed by atoms with van der Waals surface area (Å²) in [5, 5.41) is 4.73. The van der Waals surface area contributed by atoms with E-state index in [1.54, 1.807) is 4.90 Å². The van der Waals surface area contributed by atoms with Gasteiger partial charge in [-0.15, -0.1) is 0 Å². The summed E-state index contributed by atoms with van der Waals surface area (Å²) >= 11 is 6.11. The van der Waals surface area contributed by atoms with Gasteiger partial charge in [-0.2, -0.15) is 0 Å². The summed E-state index contributed by atoms with van der Waals surface area (Å²) in [7, 11) is 0. The minimum atomic E-state index is -0.315. The van der Waals surface area contributed by atoms with Crippen LogP contribution in [-0.2, 0) is 16.0 Å². The maximum atomic E-state index is 12.6. The number of halogens is 1. The largest absolute Gasteiger partial charge is 0.361 e. The van der Waals surface area contributed by atoms with Crippen LogP contribution in [0.2, 0.25) is 5.02 Å². The number of nitrogens with zero attached hydrogens (tertiary/aromatic N) is 1. The molecule has 1 aliphatic heterocycles. The number of aromatic nitrogens is 1. The van der Waals surface area contributed by atoms with Gasteiger partial charge in [0.2, 0.25) is 11.8 Å².